The van der Waals surface area contributed by atoms with Gasteiger partial charge in [-0.3, -0.25) is 4.98 Å². The summed E-state index contributed by atoms with van der Waals surface area (Å²) in [5, 5.41) is 0. The Kier molecular flexibility index (Phi) is 9.86. The second kappa shape index (κ2) is 15.7. The quantitative estimate of drug-likeness (QED) is 0.155. The molecule has 0 amide bonds. The monoisotopic (exact) mass is 1070 g/mol. The van der Waals surface area contributed by atoms with Gasteiger partial charge in [-0.1, -0.05) is 166 Å². The van der Waals surface area contributed by atoms with Gasteiger partial charge >= 0.3 is 0 Å². The van der Waals surface area contributed by atoms with Crippen LogP contribution in [0.2, 0.25) is 0 Å². The van der Waals surface area contributed by atoms with Crippen molar-refractivity contribution >= 4 is 0 Å². The minimum Gasteiger partial charge on any atom is -0.508 e. The fraction of sp³-hybridized carbons (Fsp3) is 0.138. The topological polar surface area (TPSA) is 19.4 Å². The van der Waals surface area contributed by atoms with Crippen LogP contribution in [-0.4, -0.2) is 21.8 Å². The zero-order chi connectivity index (χ0) is 46.0. The summed E-state index contributed by atoms with van der Waals surface area (Å²) in [6.45, 7) is 11.3. The van der Waals surface area contributed by atoms with Crippen LogP contribution in [0.25, 0.3) is 33.4 Å². The molecule has 0 saturated carbocycles. The molecule has 9 aromatic rings. The number of hydrogen-bond acceptors (Lipinski definition) is 3. The molecule has 0 fully saturated rings. The maximum Gasteiger partial charge on any atom is 0.0686 e. The van der Waals surface area contributed by atoms with E-state index in [1.165, 1.54) is 78.0 Å². The van der Waals surface area contributed by atoms with Crippen molar-refractivity contribution < 1.29 is 21.1 Å². The van der Waals surface area contributed by atoms with Crippen LogP contribution in [0.4, 0.5) is 0 Å². The molecule has 0 spiro atoms. The fourth-order valence-corrected chi connectivity index (χ4v) is 12.5. The maximum atomic E-state index is 5.36. The van der Waals surface area contributed by atoms with E-state index in [4.69, 9.17) is 4.98 Å². The van der Waals surface area contributed by atoms with Crippen LogP contribution in [0.1, 0.15) is 94.6 Å². The van der Waals surface area contributed by atoms with Gasteiger partial charge in [-0.15, -0.1) is 22.3 Å². The molecule has 1 aliphatic heterocycles. The largest absolute Gasteiger partial charge is 0.508 e. The molecule has 4 aliphatic rings. The van der Waals surface area contributed by atoms with Crippen molar-refractivity contribution in [1.29, 1.82) is 0 Å². The molecule has 3 nitrogen and oxygen atoms in total. The van der Waals surface area contributed by atoms with Crippen LogP contribution in [0.15, 0.2) is 212 Å². The number of aromatic nitrogens is 1. The van der Waals surface area contributed by atoms with Gasteiger partial charge in [-0.2, -0.15) is 55.2 Å². The van der Waals surface area contributed by atoms with E-state index < -0.39 is 16.4 Å². The number of pyridine rings is 1. The Morgan fingerprint density at radius 2 is 0.841 bits per heavy atom. The molecular weight excluding hydrogens is 1020 g/mol. The Hall–Kier alpha value is -7.06. The first-order chi connectivity index (χ1) is 33.2. The summed E-state index contributed by atoms with van der Waals surface area (Å²) in [6, 6.07) is 80.8. The Morgan fingerprint density at radius 1 is 0.464 bits per heavy atom. The van der Waals surface area contributed by atoms with Crippen molar-refractivity contribution in [2.75, 3.05) is 7.05 Å². The van der Waals surface area contributed by atoms with Gasteiger partial charge in [0, 0.05) is 32.7 Å². The number of benzene rings is 8. The van der Waals surface area contributed by atoms with Gasteiger partial charge in [0.25, 0.3) is 0 Å². The normalized spacial score (nSPS) is 16.1. The molecule has 4 heteroatoms. The maximum absolute atomic E-state index is 5.36. The number of rotatable bonds is 6. The summed E-state index contributed by atoms with van der Waals surface area (Å²) in [6.07, 6.45) is 4.31. The third-order valence-corrected chi connectivity index (χ3v) is 15.6. The molecule has 0 saturated heterocycles. The van der Waals surface area contributed by atoms with Gasteiger partial charge < -0.3 is 9.80 Å². The predicted octanol–water partition coefficient (Wildman–Crippen LogP) is 14.2. The van der Waals surface area contributed by atoms with E-state index in [1.54, 1.807) is 0 Å². The molecule has 3 aliphatic carbocycles. The molecule has 1 aromatic heterocycles. The minimum atomic E-state index is -0.797. The summed E-state index contributed by atoms with van der Waals surface area (Å²) >= 11 is 0. The SMILES string of the molecule is CC1=CN(C2(c3[c-]c(C4(c5[c-]c(C6(c7cc(C(C)(C)C)ccn7)c7ccccc7-c7ccccc76)ccc5)c5ccccc5-c5ccccc54)ccc3)c3ccccc3-c3ccccc32)[CH-]N1C.[Pt]. The van der Waals surface area contributed by atoms with Crippen molar-refractivity contribution in [1.82, 2.24) is 14.8 Å². The van der Waals surface area contributed by atoms with Crippen molar-refractivity contribution in [2.45, 2.75) is 49.5 Å². The molecule has 13 rings (SSSR count). The number of fused-ring (bicyclic) bond motifs is 9. The van der Waals surface area contributed by atoms with E-state index >= 15 is 0 Å². The summed E-state index contributed by atoms with van der Waals surface area (Å²) < 4.78 is 0. The summed E-state index contributed by atoms with van der Waals surface area (Å²) in [5.41, 5.74) is 20.2. The Balaban J connectivity index is 0.00000492. The van der Waals surface area contributed by atoms with Crippen molar-refractivity contribution in [3.05, 3.63) is 298 Å². The van der Waals surface area contributed by atoms with Gasteiger partial charge in [0.15, 0.2) is 0 Å². The molecule has 0 atom stereocenters. The first kappa shape index (κ1) is 43.2. The molecular formula is C65H50N3Pt-3. The summed E-state index contributed by atoms with van der Waals surface area (Å²) in [5.74, 6) is 0. The predicted molar refractivity (Wildman–Crippen MR) is 275 cm³/mol. The van der Waals surface area contributed by atoms with Crippen LogP contribution in [0.3, 0.4) is 0 Å². The smallest absolute Gasteiger partial charge is 0.0686 e. The van der Waals surface area contributed by atoms with Crippen LogP contribution >= 0.6 is 0 Å². The second-order valence-electron chi connectivity index (χ2n) is 20.0. The van der Waals surface area contributed by atoms with Crippen LogP contribution in [-0.2, 0) is 42.8 Å². The molecule has 0 radical (unpaired) electrons. The van der Waals surface area contributed by atoms with Crippen molar-refractivity contribution in [3.63, 3.8) is 0 Å². The van der Waals surface area contributed by atoms with E-state index in [0.29, 0.717) is 0 Å². The van der Waals surface area contributed by atoms with Gasteiger partial charge in [0.2, 0.25) is 0 Å². The molecule has 0 unspecified atom stereocenters. The van der Waals surface area contributed by atoms with Gasteiger partial charge in [-0.05, 0) is 116 Å². The van der Waals surface area contributed by atoms with Crippen LogP contribution < -0.4 is 0 Å². The minimum absolute atomic E-state index is 0. The fourth-order valence-electron chi connectivity index (χ4n) is 12.5. The van der Waals surface area contributed by atoms with Crippen molar-refractivity contribution in [3.8, 4) is 33.4 Å². The molecule has 0 N–H and O–H groups in total. The first-order valence-electron chi connectivity index (χ1n) is 23.8. The Labute approximate surface area is 421 Å². The molecule has 8 aromatic carbocycles. The van der Waals surface area contributed by atoms with Crippen LogP contribution in [0.5, 0.6) is 0 Å². The Morgan fingerprint density at radius 3 is 1.28 bits per heavy atom. The first-order valence-corrected chi connectivity index (χ1v) is 23.8. The van der Waals surface area contributed by atoms with Crippen LogP contribution in [0, 0.1) is 18.8 Å². The molecule has 2 heterocycles. The van der Waals surface area contributed by atoms with Gasteiger partial charge in [0.05, 0.1) is 16.6 Å². The third-order valence-electron chi connectivity index (χ3n) is 15.6. The van der Waals surface area contributed by atoms with E-state index in [1.807, 2.05) is 6.20 Å². The zero-order valence-electron chi connectivity index (χ0n) is 39.4. The number of nitrogens with zero attached hydrogens (tertiary/aromatic N) is 3. The third kappa shape index (κ3) is 5.81. The molecule has 0 bridgehead atoms. The van der Waals surface area contributed by atoms with Gasteiger partial charge in [0.1, 0.15) is 0 Å². The molecule has 338 valence electrons. The van der Waals surface area contributed by atoms with Gasteiger partial charge in [-0.25, -0.2) is 0 Å². The standard InChI is InChI=1S/C65H50N3.Pt/c1-43-41-68(42-67(43)5)65(59-34-16-10-28-53(59)54-29-11-17-35-60(54)65)48-23-19-21-46(39-48)63(55-30-12-6-24-49(55)50-25-7-13-31-56(50)63)45-20-18-22-47(38-45)64(61-40-44(36-37-66-61)62(2,3)4)57-32-14-8-26-51(57)52-27-9-15-33-58(52)64;/h6-37,40-42H,1-5H3;/q-3;. The van der Waals surface area contributed by atoms with E-state index in [0.717, 1.165) is 27.9 Å². The number of hydrogen-bond donors (Lipinski definition) is 0. The summed E-state index contributed by atoms with van der Waals surface area (Å²) in [4.78, 5) is 10.0. The van der Waals surface area contributed by atoms with E-state index in [-0.39, 0.29) is 26.5 Å². The summed E-state index contributed by atoms with van der Waals surface area (Å²) in [7, 11) is 2.14. The number of allylic oxidation sites excluding steroid dienone is 1. The second-order valence-corrected chi connectivity index (χ2v) is 20.0. The average Bonchev–Trinajstić information content (AvgIpc) is 4.08. The zero-order valence-corrected chi connectivity index (χ0v) is 41.6. The average molecular weight is 1070 g/mol. The molecule has 69 heavy (non-hydrogen) atoms. The van der Waals surface area contributed by atoms with Crippen molar-refractivity contribution in [2.24, 2.45) is 0 Å². The van der Waals surface area contributed by atoms with E-state index in [2.05, 4.69) is 264 Å². The Bertz CT molecular complexity index is 3420. The van der Waals surface area contributed by atoms with E-state index in [9.17, 15) is 0 Å².